The average molecular weight is 396 g/mol. The predicted molar refractivity (Wildman–Crippen MR) is 112 cm³/mol. The number of carbonyl (C=O) groups excluding carboxylic acids is 2. The second-order valence-corrected chi connectivity index (χ2v) is 7.43. The Hall–Kier alpha value is -2.86. The van der Waals surface area contributed by atoms with Crippen LogP contribution < -0.4 is 10.1 Å². The highest BCUT2D eigenvalue weighted by Crippen LogP contribution is 2.19. The van der Waals surface area contributed by atoms with Gasteiger partial charge in [-0.3, -0.25) is 9.59 Å². The lowest BCUT2D eigenvalue weighted by molar-refractivity contribution is -0.116. The minimum absolute atomic E-state index is 0.0345. The lowest BCUT2D eigenvalue weighted by atomic mass is 10.1. The van der Waals surface area contributed by atoms with Gasteiger partial charge in [-0.05, 0) is 62.1 Å². The van der Waals surface area contributed by atoms with Crippen LogP contribution in [0, 0.1) is 13.8 Å². The van der Waals surface area contributed by atoms with Crippen molar-refractivity contribution in [2.24, 2.45) is 0 Å². The molecule has 1 saturated heterocycles. The second kappa shape index (κ2) is 9.56. The number of aryl methyl sites for hydroxylation is 1. The van der Waals surface area contributed by atoms with E-state index in [9.17, 15) is 9.59 Å². The molecule has 6 nitrogen and oxygen atoms in total. The van der Waals surface area contributed by atoms with Crippen molar-refractivity contribution in [3.8, 4) is 5.75 Å². The zero-order valence-electron chi connectivity index (χ0n) is 17.2. The summed E-state index contributed by atoms with van der Waals surface area (Å²) in [6, 6.07) is 12.8. The summed E-state index contributed by atoms with van der Waals surface area (Å²) in [5.74, 6) is 0.156. The molecule has 0 spiro atoms. The first-order chi connectivity index (χ1) is 13.9. The lowest BCUT2D eigenvalue weighted by Gasteiger charge is -2.18. The highest BCUT2D eigenvalue weighted by atomic mass is 16.5. The molecule has 1 aliphatic heterocycles. The number of benzene rings is 2. The van der Waals surface area contributed by atoms with Crippen LogP contribution in [-0.4, -0.2) is 49.6 Å². The van der Waals surface area contributed by atoms with Gasteiger partial charge in [0.1, 0.15) is 12.4 Å². The van der Waals surface area contributed by atoms with E-state index in [2.05, 4.69) is 5.32 Å². The number of hydrogen-bond donors (Lipinski definition) is 1. The Kier molecular flexibility index (Phi) is 6.88. The minimum Gasteiger partial charge on any atom is -0.491 e. The molecular formula is C23H28N2O4. The first kappa shape index (κ1) is 20.9. The third kappa shape index (κ3) is 5.57. The van der Waals surface area contributed by atoms with E-state index in [4.69, 9.17) is 9.47 Å². The molecule has 6 heteroatoms. The van der Waals surface area contributed by atoms with Crippen LogP contribution in [0.2, 0.25) is 0 Å². The smallest absolute Gasteiger partial charge is 0.254 e. The minimum atomic E-state index is -0.236. The van der Waals surface area contributed by atoms with Gasteiger partial charge in [-0.2, -0.15) is 0 Å². The van der Waals surface area contributed by atoms with Crippen LogP contribution in [0.1, 0.15) is 34.3 Å². The molecule has 0 aromatic heterocycles. The van der Waals surface area contributed by atoms with E-state index in [1.807, 2.05) is 38.1 Å². The molecule has 1 fully saturated rings. The molecule has 0 saturated carbocycles. The first-order valence-electron chi connectivity index (χ1n) is 9.90. The lowest BCUT2D eigenvalue weighted by Crippen LogP contribution is -2.35. The topological polar surface area (TPSA) is 67.9 Å². The normalized spacial score (nSPS) is 15.8. The van der Waals surface area contributed by atoms with E-state index in [0.717, 1.165) is 36.3 Å². The van der Waals surface area contributed by atoms with Crippen LogP contribution in [0.25, 0.3) is 0 Å². The summed E-state index contributed by atoms with van der Waals surface area (Å²) in [5.41, 5.74) is 3.37. The van der Waals surface area contributed by atoms with Crippen molar-refractivity contribution < 1.29 is 19.1 Å². The monoisotopic (exact) mass is 396 g/mol. The Morgan fingerprint density at radius 3 is 2.76 bits per heavy atom. The summed E-state index contributed by atoms with van der Waals surface area (Å²) < 4.78 is 11.3. The molecule has 1 N–H and O–H groups in total. The number of carbonyl (C=O) groups is 2. The first-order valence-corrected chi connectivity index (χ1v) is 9.90. The third-order valence-electron chi connectivity index (χ3n) is 5.15. The summed E-state index contributed by atoms with van der Waals surface area (Å²) in [5, 5.41) is 2.88. The van der Waals surface area contributed by atoms with Gasteiger partial charge < -0.3 is 19.7 Å². The van der Waals surface area contributed by atoms with E-state index in [0.29, 0.717) is 17.9 Å². The van der Waals surface area contributed by atoms with Crippen LogP contribution in [0.3, 0.4) is 0 Å². The SMILES string of the molecule is Cc1cccc(NC(=O)CN(C)C(=O)c2cccc(OC[C@H]3CCCO3)c2)c1C. The highest BCUT2D eigenvalue weighted by molar-refractivity contribution is 5.99. The van der Waals surface area contributed by atoms with Gasteiger partial charge in [0.2, 0.25) is 5.91 Å². The van der Waals surface area contributed by atoms with E-state index >= 15 is 0 Å². The van der Waals surface area contributed by atoms with Gasteiger partial charge in [-0.1, -0.05) is 18.2 Å². The van der Waals surface area contributed by atoms with E-state index < -0.39 is 0 Å². The molecule has 2 amide bonds. The number of hydrogen-bond acceptors (Lipinski definition) is 4. The molecular weight excluding hydrogens is 368 g/mol. The molecule has 0 radical (unpaired) electrons. The Morgan fingerprint density at radius 2 is 2.00 bits per heavy atom. The molecule has 0 aliphatic carbocycles. The van der Waals surface area contributed by atoms with Crippen LogP contribution >= 0.6 is 0 Å². The van der Waals surface area contributed by atoms with E-state index in [1.165, 1.54) is 4.90 Å². The maximum absolute atomic E-state index is 12.7. The fraction of sp³-hybridized carbons (Fsp3) is 0.391. The van der Waals surface area contributed by atoms with Gasteiger partial charge in [-0.15, -0.1) is 0 Å². The number of ether oxygens (including phenoxy) is 2. The Morgan fingerprint density at radius 1 is 1.21 bits per heavy atom. The summed E-state index contributed by atoms with van der Waals surface area (Å²) in [6.07, 6.45) is 2.17. The van der Waals surface area contributed by atoms with Gasteiger partial charge in [0, 0.05) is 24.9 Å². The summed E-state index contributed by atoms with van der Waals surface area (Å²) >= 11 is 0. The van der Waals surface area contributed by atoms with Gasteiger partial charge >= 0.3 is 0 Å². The van der Waals surface area contributed by atoms with Crippen LogP contribution in [0.15, 0.2) is 42.5 Å². The molecule has 29 heavy (non-hydrogen) atoms. The second-order valence-electron chi connectivity index (χ2n) is 7.43. The highest BCUT2D eigenvalue weighted by Gasteiger charge is 2.18. The molecule has 1 aliphatic rings. The van der Waals surface area contributed by atoms with E-state index in [1.54, 1.807) is 25.2 Å². The van der Waals surface area contributed by atoms with Crippen molar-refractivity contribution in [1.82, 2.24) is 4.90 Å². The van der Waals surface area contributed by atoms with Crippen molar-refractivity contribution in [3.63, 3.8) is 0 Å². The van der Waals surface area contributed by atoms with Crippen molar-refractivity contribution >= 4 is 17.5 Å². The number of nitrogens with one attached hydrogen (secondary N) is 1. The largest absolute Gasteiger partial charge is 0.491 e. The van der Waals surface area contributed by atoms with Crippen molar-refractivity contribution in [1.29, 1.82) is 0 Å². The third-order valence-corrected chi connectivity index (χ3v) is 5.15. The fourth-order valence-electron chi connectivity index (χ4n) is 3.27. The van der Waals surface area contributed by atoms with Gasteiger partial charge in [-0.25, -0.2) is 0 Å². The average Bonchev–Trinajstić information content (AvgIpc) is 3.23. The standard InChI is InChI=1S/C23H28N2O4/c1-16-7-4-11-21(17(16)2)24-22(26)14-25(3)23(27)18-8-5-9-19(13-18)29-15-20-10-6-12-28-20/h4-5,7-9,11,13,20H,6,10,12,14-15H2,1-3H3,(H,24,26)/t20-/m1/s1. The molecule has 2 aromatic rings. The fourth-order valence-corrected chi connectivity index (χ4v) is 3.27. The number of nitrogens with zero attached hydrogens (tertiary/aromatic N) is 1. The molecule has 3 rings (SSSR count). The Labute approximate surface area is 171 Å². The van der Waals surface area contributed by atoms with Crippen LogP contribution in [0.5, 0.6) is 5.75 Å². The van der Waals surface area contributed by atoms with Crippen molar-refractivity contribution in [3.05, 3.63) is 59.2 Å². The van der Waals surface area contributed by atoms with Crippen LogP contribution in [0.4, 0.5) is 5.69 Å². The zero-order chi connectivity index (χ0) is 20.8. The predicted octanol–water partition coefficient (Wildman–Crippen LogP) is 3.57. The number of amides is 2. The van der Waals surface area contributed by atoms with Gasteiger partial charge in [0.05, 0.1) is 12.6 Å². The maximum Gasteiger partial charge on any atom is 0.254 e. The molecule has 154 valence electrons. The zero-order valence-corrected chi connectivity index (χ0v) is 17.2. The summed E-state index contributed by atoms with van der Waals surface area (Å²) in [4.78, 5) is 26.5. The quantitative estimate of drug-likeness (QED) is 0.777. The number of likely N-dealkylation sites (N-methyl/N-ethyl adjacent to an activating group) is 1. The van der Waals surface area contributed by atoms with E-state index in [-0.39, 0.29) is 24.5 Å². The van der Waals surface area contributed by atoms with Crippen molar-refractivity contribution in [2.75, 3.05) is 32.1 Å². The van der Waals surface area contributed by atoms with Crippen molar-refractivity contribution in [2.45, 2.75) is 32.8 Å². The molecule has 2 aromatic carbocycles. The number of rotatable bonds is 7. The summed E-state index contributed by atoms with van der Waals surface area (Å²) in [6.45, 7) is 5.18. The van der Waals surface area contributed by atoms with Crippen LogP contribution in [-0.2, 0) is 9.53 Å². The maximum atomic E-state index is 12.7. The Balaban J connectivity index is 1.57. The van der Waals surface area contributed by atoms with Gasteiger partial charge in [0.25, 0.3) is 5.91 Å². The molecule has 1 heterocycles. The Bertz CT molecular complexity index is 875. The summed E-state index contributed by atoms with van der Waals surface area (Å²) in [7, 11) is 1.62. The molecule has 0 unspecified atom stereocenters. The molecule has 1 atom stereocenters. The van der Waals surface area contributed by atoms with Gasteiger partial charge in [0.15, 0.2) is 0 Å². The number of anilines is 1. The molecule has 0 bridgehead atoms.